The quantitative estimate of drug-likeness (QED) is 0.467. The van der Waals surface area contributed by atoms with E-state index < -0.39 is 0 Å². The van der Waals surface area contributed by atoms with Crippen LogP contribution in [-0.2, 0) is 10.8 Å². The van der Waals surface area contributed by atoms with Gasteiger partial charge in [0.2, 0.25) is 4.73 Å². The zero-order chi connectivity index (χ0) is 19.8. The molecular weight excluding hydrogens is 398 g/mol. The van der Waals surface area contributed by atoms with Crippen molar-refractivity contribution in [1.82, 2.24) is 15.0 Å². The number of aromatic nitrogens is 3. The van der Waals surface area contributed by atoms with Crippen LogP contribution in [0.15, 0.2) is 53.3 Å². The molecule has 2 aromatic carbocycles. The normalized spacial score (nSPS) is 12.3. The van der Waals surface area contributed by atoms with Crippen LogP contribution in [0.25, 0.3) is 22.8 Å². The first-order valence-electron chi connectivity index (χ1n) is 9.17. The maximum atomic E-state index is 4.77. The van der Waals surface area contributed by atoms with E-state index in [9.17, 15) is 0 Å². The van der Waals surface area contributed by atoms with E-state index in [4.69, 9.17) is 4.98 Å². The van der Waals surface area contributed by atoms with Crippen LogP contribution in [0.5, 0.6) is 0 Å². The van der Waals surface area contributed by atoms with E-state index in [2.05, 4.69) is 104 Å². The van der Waals surface area contributed by atoms with Crippen molar-refractivity contribution in [2.75, 3.05) is 0 Å². The Hall–Kier alpha value is -2.07. The van der Waals surface area contributed by atoms with Gasteiger partial charge in [-0.3, -0.25) is 0 Å². The Bertz CT molecular complexity index is 890. The lowest BCUT2D eigenvalue weighted by Gasteiger charge is -2.20. The van der Waals surface area contributed by atoms with Crippen molar-refractivity contribution in [2.24, 2.45) is 0 Å². The molecule has 0 saturated carbocycles. The molecular formula is C23H26BrN3. The molecule has 1 heterocycles. The summed E-state index contributed by atoms with van der Waals surface area (Å²) in [5, 5.41) is 0. The molecule has 4 heteroatoms. The summed E-state index contributed by atoms with van der Waals surface area (Å²) >= 11 is 3.46. The summed E-state index contributed by atoms with van der Waals surface area (Å²) in [6.45, 7) is 13.2. The Morgan fingerprint density at radius 3 is 1.41 bits per heavy atom. The standard InChI is InChI=1S/C23H26BrN3/c1-22(2,3)17-11-7-9-15(13-17)19-25-20(27-21(24)26-19)16-10-8-12-18(14-16)23(4,5)6/h7-14H,1-6H3. The number of hydrogen-bond donors (Lipinski definition) is 0. The highest BCUT2D eigenvalue weighted by Gasteiger charge is 2.17. The molecule has 1 aromatic heterocycles. The lowest BCUT2D eigenvalue weighted by molar-refractivity contribution is 0.590. The third-order valence-corrected chi connectivity index (χ3v) is 4.94. The van der Waals surface area contributed by atoms with Gasteiger partial charge in [0, 0.05) is 11.1 Å². The maximum absolute atomic E-state index is 4.77. The summed E-state index contributed by atoms with van der Waals surface area (Å²) in [5.41, 5.74) is 4.66. The maximum Gasteiger partial charge on any atom is 0.200 e. The van der Waals surface area contributed by atoms with E-state index >= 15 is 0 Å². The number of hydrogen-bond acceptors (Lipinski definition) is 3. The van der Waals surface area contributed by atoms with Crippen LogP contribution >= 0.6 is 15.9 Å². The Morgan fingerprint density at radius 1 is 0.630 bits per heavy atom. The van der Waals surface area contributed by atoms with E-state index in [0.717, 1.165) is 11.1 Å². The Morgan fingerprint density at radius 2 is 1.04 bits per heavy atom. The first-order chi connectivity index (χ1) is 12.5. The molecule has 0 aliphatic rings. The fourth-order valence-electron chi connectivity index (χ4n) is 2.86. The van der Waals surface area contributed by atoms with E-state index in [1.54, 1.807) is 0 Å². The summed E-state index contributed by atoms with van der Waals surface area (Å²) in [5.74, 6) is 1.36. The molecule has 0 N–H and O–H groups in total. The second-order valence-electron chi connectivity index (χ2n) is 8.91. The number of nitrogens with zero attached hydrogens (tertiary/aromatic N) is 3. The van der Waals surface area contributed by atoms with Crippen molar-refractivity contribution < 1.29 is 0 Å². The van der Waals surface area contributed by atoms with Crippen molar-refractivity contribution in [2.45, 2.75) is 52.4 Å². The molecule has 0 bridgehead atoms. The van der Waals surface area contributed by atoms with Gasteiger partial charge >= 0.3 is 0 Å². The first-order valence-corrected chi connectivity index (χ1v) is 9.97. The van der Waals surface area contributed by atoms with Crippen molar-refractivity contribution in [1.29, 1.82) is 0 Å². The molecule has 0 aliphatic heterocycles. The highest BCUT2D eigenvalue weighted by atomic mass is 79.9. The van der Waals surface area contributed by atoms with Crippen LogP contribution in [0.4, 0.5) is 0 Å². The molecule has 140 valence electrons. The van der Waals surface area contributed by atoms with Gasteiger partial charge in [0.15, 0.2) is 11.6 Å². The minimum Gasteiger partial charge on any atom is -0.208 e. The van der Waals surface area contributed by atoms with Crippen LogP contribution in [0.1, 0.15) is 52.7 Å². The van der Waals surface area contributed by atoms with Crippen LogP contribution in [0, 0.1) is 0 Å². The van der Waals surface area contributed by atoms with Crippen LogP contribution in [0.2, 0.25) is 0 Å². The lowest BCUT2D eigenvalue weighted by atomic mass is 9.86. The van der Waals surface area contributed by atoms with Crippen molar-refractivity contribution in [3.05, 3.63) is 64.4 Å². The van der Waals surface area contributed by atoms with E-state index in [1.165, 1.54) is 11.1 Å². The van der Waals surface area contributed by atoms with Crippen molar-refractivity contribution in [3.8, 4) is 22.8 Å². The smallest absolute Gasteiger partial charge is 0.200 e. The number of halogens is 1. The highest BCUT2D eigenvalue weighted by molar-refractivity contribution is 9.10. The van der Waals surface area contributed by atoms with Gasteiger partial charge in [-0.05, 0) is 50.0 Å². The molecule has 3 nitrogen and oxygen atoms in total. The summed E-state index contributed by atoms with van der Waals surface area (Å²) in [4.78, 5) is 13.8. The molecule has 3 rings (SSSR count). The summed E-state index contributed by atoms with van der Waals surface area (Å²) < 4.78 is 0.546. The van der Waals surface area contributed by atoms with Crippen LogP contribution in [-0.4, -0.2) is 15.0 Å². The summed E-state index contributed by atoms with van der Waals surface area (Å²) in [7, 11) is 0. The Labute approximate surface area is 170 Å². The average molecular weight is 424 g/mol. The van der Waals surface area contributed by atoms with Crippen molar-refractivity contribution in [3.63, 3.8) is 0 Å². The fraction of sp³-hybridized carbons (Fsp3) is 0.348. The van der Waals surface area contributed by atoms with Gasteiger partial charge in [-0.25, -0.2) is 15.0 Å². The zero-order valence-corrected chi connectivity index (χ0v) is 18.4. The molecule has 0 radical (unpaired) electrons. The van der Waals surface area contributed by atoms with Gasteiger partial charge in [0.1, 0.15) is 0 Å². The Balaban J connectivity index is 2.09. The summed E-state index contributed by atoms with van der Waals surface area (Å²) in [6.07, 6.45) is 0. The molecule has 0 atom stereocenters. The van der Waals surface area contributed by atoms with Crippen molar-refractivity contribution >= 4 is 15.9 Å². The molecule has 0 aliphatic carbocycles. The second-order valence-corrected chi connectivity index (χ2v) is 9.62. The van der Waals surface area contributed by atoms with Gasteiger partial charge in [-0.2, -0.15) is 0 Å². The average Bonchev–Trinajstić information content (AvgIpc) is 2.60. The highest BCUT2D eigenvalue weighted by Crippen LogP contribution is 2.29. The number of rotatable bonds is 2. The zero-order valence-electron chi connectivity index (χ0n) is 16.8. The van der Waals surface area contributed by atoms with E-state index in [-0.39, 0.29) is 10.8 Å². The van der Waals surface area contributed by atoms with Crippen LogP contribution < -0.4 is 0 Å². The predicted octanol–water partition coefficient (Wildman–Crippen LogP) is 6.56. The fourth-order valence-corrected chi connectivity index (χ4v) is 3.19. The Kier molecular flexibility index (Phi) is 5.22. The molecule has 0 amide bonds. The third-order valence-electron chi connectivity index (χ3n) is 4.58. The first kappa shape index (κ1) is 19.7. The van der Waals surface area contributed by atoms with Gasteiger partial charge in [-0.1, -0.05) is 77.9 Å². The molecule has 0 unspecified atom stereocenters. The molecule has 0 spiro atoms. The topological polar surface area (TPSA) is 38.7 Å². The summed E-state index contributed by atoms with van der Waals surface area (Å²) in [6, 6.07) is 16.8. The largest absolute Gasteiger partial charge is 0.208 e. The van der Waals surface area contributed by atoms with Gasteiger partial charge in [-0.15, -0.1) is 0 Å². The van der Waals surface area contributed by atoms with E-state index in [1.807, 2.05) is 12.1 Å². The minimum absolute atomic E-state index is 0.0736. The van der Waals surface area contributed by atoms with Gasteiger partial charge in [0.25, 0.3) is 0 Å². The van der Waals surface area contributed by atoms with Crippen LogP contribution in [0.3, 0.4) is 0 Å². The van der Waals surface area contributed by atoms with Gasteiger partial charge < -0.3 is 0 Å². The number of benzene rings is 2. The molecule has 0 fully saturated rings. The lowest BCUT2D eigenvalue weighted by Crippen LogP contribution is -2.11. The molecule has 0 saturated heterocycles. The SMILES string of the molecule is CC(C)(C)c1cccc(-c2nc(Br)nc(-c3cccc(C(C)(C)C)c3)n2)c1. The molecule has 3 aromatic rings. The monoisotopic (exact) mass is 423 g/mol. The molecule has 27 heavy (non-hydrogen) atoms. The third kappa shape index (κ3) is 4.62. The minimum atomic E-state index is 0.0736. The van der Waals surface area contributed by atoms with E-state index in [0.29, 0.717) is 16.4 Å². The second kappa shape index (κ2) is 7.16. The van der Waals surface area contributed by atoms with Gasteiger partial charge in [0.05, 0.1) is 0 Å². The predicted molar refractivity (Wildman–Crippen MR) is 116 cm³/mol.